The zero-order valence-corrected chi connectivity index (χ0v) is 8.22. The van der Waals surface area contributed by atoms with Crippen LogP contribution in [-0.4, -0.2) is 32.3 Å². The maximum Gasteiger partial charge on any atom is 0.249 e. The van der Waals surface area contributed by atoms with E-state index in [1.807, 2.05) is 0 Å². The minimum Gasteiger partial charge on any atom is -0.506 e. The first-order valence-corrected chi connectivity index (χ1v) is 4.32. The Balaban J connectivity index is 3.04. The van der Waals surface area contributed by atoms with E-state index in [2.05, 4.69) is 4.98 Å². The highest BCUT2D eigenvalue weighted by atomic mass is 35.5. The van der Waals surface area contributed by atoms with Crippen LogP contribution >= 0.6 is 11.6 Å². The maximum atomic E-state index is 10.6. The van der Waals surface area contributed by atoms with E-state index in [9.17, 15) is 15.0 Å². The molecule has 0 aliphatic carbocycles. The lowest BCUT2D eigenvalue weighted by atomic mass is 10.1. The molecule has 2 unspecified atom stereocenters. The fourth-order valence-corrected chi connectivity index (χ4v) is 1.12. The highest BCUT2D eigenvalue weighted by Crippen LogP contribution is 2.25. The second-order valence-electron chi connectivity index (χ2n) is 2.83. The Hall–Kier alpha value is -1.37. The van der Waals surface area contributed by atoms with Crippen molar-refractivity contribution in [3.8, 4) is 5.75 Å². The molecule has 6 nitrogen and oxygen atoms in total. The van der Waals surface area contributed by atoms with Crippen LogP contribution in [-0.2, 0) is 4.79 Å². The predicted molar refractivity (Wildman–Crippen MR) is 51.1 cm³/mol. The number of hydrogen-bond donors (Lipinski definition) is 4. The first-order valence-electron chi connectivity index (χ1n) is 3.94. The Bertz CT molecular complexity index is 385. The smallest absolute Gasteiger partial charge is 0.249 e. The van der Waals surface area contributed by atoms with Crippen LogP contribution in [0.1, 0.15) is 11.8 Å². The molecule has 0 fully saturated rings. The van der Waals surface area contributed by atoms with Crippen molar-refractivity contribution in [1.82, 2.24) is 4.98 Å². The molecule has 1 aromatic rings. The van der Waals surface area contributed by atoms with Gasteiger partial charge in [-0.3, -0.25) is 4.79 Å². The molecule has 1 rings (SSSR count). The molecule has 1 heterocycles. The quantitative estimate of drug-likeness (QED) is 0.515. The third-order valence-electron chi connectivity index (χ3n) is 1.74. The van der Waals surface area contributed by atoms with Gasteiger partial charge in [-0.25, -0.2) is 4.98 Å². The molecule has 7 heteroatoms. The molecule has 2 atom stereocenters. The number of hydrogen-bond acceptors (Lipinski definition) is 5. The molecule has 0 aliphatic heterocycles. The van der Waals surface area contributed by atoms with E-state index in [4.69, 9.17) is 22.4 Å². The summed E-state index contributed by atoms with van der Waals surface area (Å²) in [6, 6.07) is 2.48. The van der Waals surface area contributed by atoms with Gasteiger partial charge in [-0.2, -0.15) is 0 Å². The van der Waals surface area contributed by atoms with Crippen molar-refractivity contribution in [1.29, 1.82) is 0 Å². The topological polar surface area (TPSA) is 117 Å². The van der Waals surface area contributed by atoms with Crippen molar-refractivity contribution in [2.75, 3.05) is 0 Å². The number of aliphatic hydroxyl groups is 2. The lowest BCUT2D eigenvalue weighted by molar-refractivity contribution is -0.132. The third-order valence-corrected chi connectivity index (χ3v) is 1.95. The van der Waals surface area contributed by atoms with Gasteiger partial charge in [0.1, 0.15) is 22.7 Å². The van der Waals surface area contributed by atoms with E-state index in [1.165, 1.54) is 12.1 Å². The molecule has 0 spiro atoms. The summed E-state index contributed by atoms with van der Waals surface area (Å²) in [7, 11) is 0. The number of aromatic nitrogens is 1. The van der Waals surface area contributed by atoms with Crippen LogP contribution in [0.5, 0.6) is 5.75 Å². The lowest BCUT2D eigenvalue weighted by Crippen LogP contribution is -2.34. The number of aliphatic hydroxyl groups excluding tert-OH is 2. The number of nitrogens with zero attached hydrogens (tertiary/aromatic N) is 1. The Morgan fingerprint density at radius 3 is 2.60 bits per heavy atom. The van der Waals surface area contributed by atoms with Gasteiger partial charge in [0.15, 0.2) is 6.10 Å². The standard InChI is InChI=1S/C8H9ClN2O4/c9-4-2-1-3(12)5(11-4)6(13)7(14)8(10)15/h1-2,6-7,12-14H,(H2,10,15). The van der Waals surface area contributed by atoms with Crippen molar-refractivity contribution in [2.45, 2.75) is 12.2 Å². The molecule has 0 saturated carbocycles. The summed E-state index contributed by atoms with van der Waals surface area (Å²) < 4.78 is 0. The first-order chi connectivity index (χ1) is 6.93. The van der Waals surface area contributed by atoms with Crippen LogP contribution in [0.2, 0.25) is 5.15 Å². The molecule has 5 N–H and O–H groups in total. The van der Waals surface area contributed by atoms with Crippen LogP contribution in [0.25, 0.3) is 0 Å². The number of primary amides is 1. The molecule has 1 aromatic heterocycles. The summed E-state index contributed by atoms with van der Waals surface area (Å²) in [6.45, 7) is 0. The zero-order chi connectivity index (χ0) is 11.6. The van der Waals surface area contributed by atoms with Crippen molar-refractivity contribution >= 4 is 17.5 Å². The Kier molecular flexibility index (Phi) is 3.46. The number of aromatic hydroxyl groups is 1. The monoisotopic (exact) mass is 232 g/mol. The van der Waals surface area contributed by atoms with Crippen molar-refractivity contribution in [3.63, 3.8) is 0 Å². The number of amides is 1. The predicted octanol–water partition coefficient (Wildman–Crippen LogP) is -0.680. The van der Waals surface area contributed by atoms with Crippen LogP contribution < -0.4 is 5.73 Å². The van der Waals surface area contributed by atoms with Crippen LogP contribution in [0, 0.1) is 0 Å². The average Bonchev–Trinajstić information content (AvgIpc) is 2.19. The normalized spacial score (nSPS) is 14.6. The molecule has 0 aromatic carbocycles. The van der Waals surface area contributed by atoms with E-state index in [1.54, 1.807) is 0 Å². The van der Waals surface area contributed by atoms with E-state index >= 15 is 0 Å². The summed E-state index contributed by atoms with van der Waals surface area (Å²) in [5.41, 5.74) is 4.47. The van der Waals surface area contributed by atoms with Crippen LogP contribution in [0.3, 0.4) is 0 Å². The summed E-state index contributed by atoms with van der Waals surface area (Å²) in [6.07, 6.45) is -3.55. The largest absolute Gasteiger partial charge is 0.506 e. The van der Waals surface area contributed by atoms with Crippen molar-refractivity contribution < 1.29 is 20.1 Å². The van der Waals surface area contributed by atoms with Gasteiger partial charge in [0.2, 0.25) is 5.91 Å². The number of pyridine rings is 1. The molecule has 0 saturated heterocycles. The van der Waals surface area contributed by atoms with Crippen molar-refractivity contribution in [2.24, 2.45) is 5.73 Å². The second-order valence-corrected chi connectivity index (χ2v) is 3.22. The summed E-state index contributed by atoms with van der Waals surface area (Å²) >= 11 is 5.51. The molecule has 82 valence electrons. The van der Waals surface area contributed by atoms with Gasteiger partial charge in [-0.05, 0) is 12.1 Å². The summed E-state index contributed by atoms with van der Waals surface area (Å²) in [5, 5.41) is 27.9. The molecule has 0 bridgehead atoms. The highest BCUT2D eigenvalue weighted by molar-refractivity contribution is 6.29. The second kappa shape index (κ2) is 4.43. The van der Waals surface area contributed by atoms with Crippen LogP contribution in [0.15, 0.2) is 12.1 Å². The van der Waals surface area contributed by atoms with Gasteiger partial charge in [0.05, 0.1) is 0 Å². The number of rotatable bonds is 3. The SMILES string of the molecule is NC(=O)C(O)C(O)c1nc(Cl)ccc1O. The Morgan fingerprint density at radius 2 is 2.07 bits per heavy atom. The Morgan fingerprint density at radius 1 is 1.47 bits per heavy atom. The number of carbonyl (C=O) groups excluding carboxylic acids is 1. The first kappa shape index (κ1) is 11.7. The van der Waals surface area contributed by atoms with Crippen LogP contribution in [0.4, 0.5) is 0 Å². The number of carbonyl (C=O) groups is 1. The number of nitrogens with two attached hydrogens (primary N) is 1. The third kappa shape index (κ3) is 2.56. The minimum absolute atomic E-state index is 0.0125. The molecular formula is C8H9ClN2O4. The fraction of sp³-hybridized carbons (Fsp3) is 0.250. The fourth-order valence-electron chi connectivity index (χ4n) is 0.965. The van der Waals surface area contributed by atoms with Crippen molar-refractivity contribution in [3.05, 3.63) is 23.0 Å². The van der Waals surface area contributed by atoms with E-state index in [-0.39, 0.29) is 16.6 Å². The van der Waals surface area contributed by atoms with Gasteiger partial charge in [-0.15, -0.1) is 0 Å². The molecule has 1 amide bonds. The van der Waals surface area contributed by atoms with E-state index in [0.717, 1.165) is 0 Å². The summed E-state index contributed by atoms with van der Waals surface area (Å²) in [5.74, 6) is -1.50. The van der Waals surface area contributed by atoms with Gasteiger partial charge in [-0.1, -0.05) is 11.6 Å². The van der Waals surface area contributed by atoms with Gasteiger partial charge in [0.25, 0.3) is 0 Å². The van der Waals surface area contributed by atoms with Gasteiger partial charge < -0.3 is 21.1 Å². The Labute approximate surface area is 89.9 Å². The average molecular weight is 233 g/mol. The summed E-state index contributed by atoms with van der Waals surface area (Å²) in [4.78, 5) is 14.2. The van der Waals surface area contributed by atoms with Gasteiger partial charge in [0, 0.05) is 0 Å². The molecule has 0 aliphatic rings. The molecule has 0 radical (unpaired) electrons. The minimum atomic E-state index is -1.85. The zero-order valence-electron chi connectivity index (χ0n) is 7.46. The van der Waals surface area contributed by atoms with Gasteiger partial charge >= 0.3 is 0 Å². The highest BCUT2D eigenvalue weighted by Gasteiger charge is 2.27. The lowest BCUT2D eigenvalue weighted by Gasteiger charge is -2.15. The van der Waals surface area contributed by atoms with E-state index in [0.29, 0.717) is 0 Å². The molecular weight excluding hydrogens is 224 g/mol. The van der Waals surface area contributed by atoms with E-state index < -0.39 is 18.1 Å². The maximum absolute atomic E-state index is 10.6. The molecule has 15 heavy (non-hydrogen) atoms. The number of halogens is 1.